The summed E-state index contributed by atoms with van der Waals surface area (Å²) in [6, 6.07) is 1.89. The van der Waals surface area contributed by atoms with Crippen LogP contribution < -0.4 is 5.73 Å². The number of amides is 2. The number of likely N-dealkylation sites (N-methyl/N-ethyl adjacent to an activating group) is 1. The van der Waals surface area contributed by atoms with Gasteiger partial charge in [0.1, 0.15) is 28.4 Å². The van der Waals surface area contributed by atoms with Crippen LogP contribution in [0, 0.1) is 30.9 Å². The molecule has 0 radical (unpaired) electrons. The molecule has 0 aliphatic carbocycles. The zero-order valence-electron chi connectivity index (χ0n) is 16.6. The van der Waals surface area contributed by atoms with Crippen LogP contribution in [0.15, 0.2) is 12.1 Å². The SMILES string of the molecule is C#Cc1cc(-c2nc(C(N)=O)c(C)s2)c(F)cc1F.CC.CN1CCC(O)C1=O. The molecule has 3 N–H and O–H groups in total. The number of benzene rings is 1. The molecule has 1 aromatic carbocycles. The third kappa shape index (κ3) is 5.82. The van der Waals surface area contributed by atoms with Gasteiger partial charge in [0.15, 0.2) is 0 Å². The van der Waals surface area contributed by atoms with Crippen LogP contribution in [-0.4, -0.2) is 46.5 Å². The van der Waals surface area contributed by atoms with Crippen molar-refractivity contribution in [1.82, 2.24) is 9.88 Å². The van der Waals surface area contributed by atoms with E-state index >= 15 is 0 Å². The van der Waals surface area contributed by atoms with Crippen molar-refractivity contribution in [3.63, 3.8) is 0 Å². The van der Waals surface area contributed by atoms with Crippen LogP contribution in [0.3, 0.4) is 0 Å². The largest absolute Gasteiger partial charge is 0.383 e. The molecule has 1 aliphatic rings. The van der Waals surface area contributed by atoms with Crippen molar-refractivity contribution in [3.8, 4) is 22.9 Å². The standard InChI is InChI=1S/C13H8F2N2OS.C5H9NO2.C2H6/c1-3-7-4-8(10(15)5-9(7)14)13-17-11(12(16)18)6(2)19-13;1-6-3-2-4(7)5(6)8;1-2/h1,4-5H,2H3,(H2,16,18);4,7H,2-3H2,1H3;1-2H3. The number of carbonyl (C=O) groups is 2. The zero-order chi connectivity index (χ0) is 22.3. The molecule has 6 nitrogen and oxygen atoms in total. The molecular formula is C20H23F2N3O3S. The van der Waals surface area contributed by atoms with E-state index in [1.807, 2.05) is 13.8 Å². The number of primary amides is 1. The monoisotopic (exact) mass is 423 g/mol. The van der Waals surface area contributed by atoms with Crippen LogP contribution in [0.25, 0.3) is 10.6 Å². The molecule has 1 aromatic heterocycles. The summed E-state index contributed by atoms with van der Waals surface area (Å²) in [4.78, 5) is 27.7. The first-order valence-electron chi connectivity index (χ1n) is 8.82. The van der Waals surface area contributed by atoms with Gasteiger partial charge >= 0.3 is 0 Å². The Bertz CT molecular complexity index is 926. The van der Waals surface area contributed by atoms with E-state index < -0.39 is 23.6 Å². The number of terminal acetylenes is 1. The summed E-state index contributed by atoms with van der Waals surface area (Å²) >= 11 is 1.09. The molecule has 1 saturated heterocycles. The second-order valence-corrected chi connectivity index (χ2v) is 7.01. The fourth-order valence-corrected chi connectivity index (χ4v) is 3.30. The molecule has 0 spiro atoms. The maximum atomic E-state index is 13.7. The first-order valence-corrected chi connectivity index (χ1v) is 9.63. The van der Waals surface area contributed by atoms with Gasteiger partial charge < -0.3 is 15.7 Å². The van der Waals surface area contributed by atoms with E-state index in [1.54, 1.807) is 14.0 Å². The molecule has 1 fully saturated rings. The number of halogens is 2. The average molecular weight is 423 g/mol. The molecule has 1 atom stereocenters. The van der Waals surface area contributed by atoms with E-state index in [0.29, 0.717) is 23.9 Å². The number of aliphatic hydroxyl groups is 1. The van der Waals surface area contributed by atoms with E-state index in [9.17, 15) is 18.4 Å². The van der Waals surface area contributed by atoms with Crippen molar-refractivity contribution in [1.29, 1.82) is 0 Å². The Balaban J connectivity index is 0.000000351. The van der Waals surface area contributed by atoms with Crippen LogP contribution in [-0.2, 0) is 4.79 Å². The van der Waals surface area contributed by atoms with Gasteiger partial charge in [-0.05, 0) is 19.4 Å². The number of thiazole rings is 1. The van der Waals surface area contributed by atoms with Crippen LogP contribution in [0.2, 0.25) is 0 Å². The Morgan fingerprint density at radius 3 is 2.38 bits per heavy atom. The predicted molar refractivity (Wildman–Crippen MR) is 108 cm³/mol. The molecule has 2 heterocycles. The Hall–Kier alpha value is -2.83. The summed E-state index contributed by atoms with van der Waals surface area (Å²) in [7, 11) is 1.69. The van der Waals surface area contributed by atoms with Gasteiger partial charge in [-0.3, -0.25) is 9.59 Å². The maximum absolute atomic E-state index is 13.7. The number of likely N-dealkylation sites (tertiary alicyclic amines) is 1. The Morgan fingerprint density at radius 2 is 2.00 bits per heavy atom. The summed E-state index contributed by atoms with van der Waals surface area (Å²) in [6.07, 6.45) is 5.00. The van der Waals surface area contributed by atoms with Crippen molar-refractivity contribution >= 4 is 23.2 Å². The van der Waals surface area contributed by atoms with Gasteiger partial charge in [0.05, 0.1) is 5.56 Å². The highest BCUT2D eigenvalue weighted by Gasteiger charge is 2.26. The van der Waals surface area contributed by atoms with Crippen LogP contribution in [0.1, 0.15) is 41.2 Å². The minimum Gasteiger partial charge on any atom is -0.383 e. The van der Waals surface area contributed by atoms with Gasteiger partial charge in [0, 0.05) is 30.1 Å². The van der Waals surface area contributed by atoms with Crippen LogP contribution in [0.4, 0.5) is 8.78 Å². The third-order valence-corrected chi connectivity index (χ3v) is 4.88. The number of hydrogen-bond donors (Lipinski definition) is 2. The number of aliphatic hydroxyl groups excluding tert-OH is 1. The van der Waals surface area contributed by atoms with Gasteiger partial charge in [-0.25, -0.2) is 13.8 Å². The van der Waals surface area contributed by atoms with Crippen LogP contribution in [0.5, 0.6) is 0 Å². The first-order chi connectivity index (χ1) is 13.6. The number of rotatable bonds is 2. The van der Waals surface area contributed by atoms with Crippen molar-refractivity contribution in [2.45, 2.75) is 33.3 Å². The Labute approximate surface area is 172 Å². The number of aryl methyl sites for hydroxylation is 1. The summed E-state index contributed by atoms with van der Waals surface area (Å²) < 4.78 is 27.0. The van der Waals surface area contributed by atoms with Crippen molar-refractivity contribution in [2.24, 2.45) is 5.73 Å². The predicted octanol–water partition coefficient (Wildman–Crippen LogP) is 2.71. The molecule has 0 saturated carbocycles. The third-order valence-electron chi connectivity index (χ3n) is 3.87. The normalized spacial score (nSPS) is 15.0. The summed E-state index contributed by atoms with van der Waals surface area (Å²) in [6.45, 7) is 6.34. The lowest BCUT2D eigenvalue weighted by molar-refractivity contribution is -0.133. The van der Waals surface area contributed by atoms with E-state index in [0.717, 1.165) is 11.3 Å². The number of nitrogens with two attached hydrogens (primary N) is 1. The molecule has 1 unspecified atom stereocenters. The quantitative estimate of drug-likeness (QED) is 0.726. The summed E-state index contributed by atoms with van der Waals surface area (Å²) in [5.74, 6) is -0.326. The first kappa shape index (κ1) is 24.2. The van der Waals surface area contributed by atoms with Crippen molar-refractivity contribution in [3.05, 3.63) is 39.9 Å². The molecule has 29 heavy (non-hydrogen) atoms. The topological polar surface area (TPSA) is 96.5 Å². The lowest BCUT2D eigenvalue weighted by atomic mass is 10.1. The van der Waals surface area contributed by atoms with Gasteiger partial charge in [-0.2, -0.15) is 0 Å². The van der Waals surface area contributed by atoms with Gasteiger partial charge in [-0.1, -0.05) is 19.8 Å². The van der Waals surface area contributed by atoms with E-state index in [4.69, 9.17) is 17.3 Å². The summed E-state index contributed by atoms with van der Waals surface area (Å²) in [5, 5.41) is 9.01. The van der Waals surface area contributed by atoms with E-state index in [-0.39, 0.29) is 27.7 Å². The molecule has 1 aliphatic heterocycles. The van der Waals surface area contributed by atoms with Crippen LogP contribution >= 0.6 is 11.3 Å². The number of nitrogens with zero attached hydrogens (tertiary/aromatic N) is 2. The number of carbonyl (C=O) groups excluding carboxylic acids is 2. The molecule has 156 valence electrons. The minimum atomic E-state index is -0.813. The molecule has 0 bridgehead atoms. The fraction of sp³-hybridized carbons (Fsp3) is 0.350. The lowest BCUT2D eigenvalue weighted by Crippen LogP contribution is -2.24. The molecule has 9 heteroatoms. The summed E-state index contributed by atoms with van der Waals surface area (Å²) in [5.41, 5.74) is 5.20. The van der Waals surface area contributed by atoms with Gasteiger partial charge in [-0.15, -0.1) is 17.8 Å². The maximum Gasteiger partial charge on any atom is 0.268 e. The lowest BCUT2D eigenvalue weighted by Gasteiger charge is -2.04. The Morgan fingerprint density at radius 1 is 1.38 bits per heavy atom. The smallest absolute Gasteiger partial charge is 0.268 e. The van der Waals surface area contributed by atoms with Crippen molar-refractivity contribution in [2.75, 3.05) is 13.6 Å². The fourth-order valence-electron chi connectivity index (χ4n) is 2.37. The van der Waals surface area contributed by atoms with E-state index in [2.05, 4.69) is 10.9 Å². The average Bonchev–Trinajstić information content (AvgIpc) is 3.21. The minimum absolute atomic E-state index is 0.0509. The highest BCUT2D eigenvalue weighted by atomic mass is 32.1. The highest BCUT2D eigenvalue weighted by Crippen LogP contribution is 2.31. The van der Waals surface area contributed by atoms with E-state index in [1.165, 1.54) is 11.0 Å². The molecular weight excluding hydrogens is 400 g/mol. The Kier molecular flexibility index (Phi) is 8.88. The second-order valence-electron chi connectivity index (χ2n) is 5.81. The highest BCUT2D eigenvalue weighted by molar-refractivity contribution is 7.15. The molecule has 3 rings (SSSR count). The van der Waals surface area contributed by atoms with Gasteiger partial charge in [0.25, 0.3) is 11.8 Å². The second kappa shape index (κ2) is 10.6. The molecule has 2 amide bonds. The van der Waals surface area contributed by atoms with Crippen molar-refractivity contribution < 1.29 is 23.5 Å². The number of aromatic nitrogens is 1. The number of hydrogen-bond acceptors (Lipinski definition) is 5. The zero-order valence-corrected chi connectivity index (χ0v) is 17.4. The molecule has 2 aromatic rings. The van der Waals surface area contributed by atoms with Gasteiger partial charge in [0.2, 0.25) is 0 Å².